The monoisotopic (exact) mass is 690 g/mol. The number of nitrogens with zero attached hydrogens (tertiary/aromatic N) is 6. The third-order valence-corrected chi connectivity index (χ3v) is 12.6. The Balaban J connectivity index is 1.30. The minimum absolute atomic E-state index is 0.0259. The van der Waals surface area contributed by atoms with E-state index in [1.165, 1.54) is 16.4 Å². The van der Waals surface area contributed by atoms with E-state index >= 15 is 4.79 Å². The van der Waals surface area contributed by atoms with Crippen molar-refractivity contribution in [3.63, 3.8) is 0 Å². The molecule has 232 valence electrons. The maximum atomic E-state index is 15.0. The lowest BCUT2D eigenvalue weighted by atomic mass is 9.82. The normalized spacial score (nSPS) is 23.0. The average molecular weight is 692 g/mol. The predicted octanol–water partition coefficient (Wildman–Crippen LogP) is 4.78. The molecule has 4 aromatic rings. The van der Waals surface area contributed by atoms with E-state index in [9.17, 15) is 18.5 Å². The highest BCUT2D eigenvalue weighted by atomic mass is 35.5. The molecule has 7 rings (SSSR count). The number of amides is 1. The number of likely N-dealkylation sites (N-methyl/N-ethyl adjacent to an activating group) is 1. The van der Waals surface area contributed by atoms with E-state index in [0.29, 0.717) is 28.1 Å². The zero-order valence-electron chi connectivity index (χ0n) is 24.1. The minimum Gasteiger partial charge on any atom is -0.339 e. The molecule has 1 aliphatic carbocycles. The van der Waals surface area contributed by atoms with Crippen molar-refractivity contribution < 1.29 is 18.0 Å². The Kier molecular flexibility index (Phi) is 7.49. The summed E-state index contributed by atoms with van der Waals surface area (Å²) in [7, 11) is -2.13. The molecule has 2 aliphatic heterocycles. The SMILES string of the molecule is CN1C(=CC(=O)c2ccc(C#N)cc2)N(C2[C@H]3CN(S(=O)(=O)c4cc(Cl)sc4Cl)C[C@@H]23)C(=O)C1(c1ccncc1)c1ccncc1. The van der Waals surface area contributed by atoms with Gasteiger partial charge in [-0.3, -0.25) is 24.5 Å². The number of hydrogen-bond acceptors (Lipinski definition) is 9. The molecule has 0 N–H and O–H groups in total. The van der Waals surface area contributed by atoms with Crippen molar-refractivity contribution in [2.24, 2.45) is 11.8 Å². The van der Waals surface area contributed by atoms with Crippen molar-refractivity contribution >= 4 is 56.3 Å². The molecule has 1 aromatic carbocycles. The van der Waals surface area contributed by atoms with Crippen LogP contribution in [0.5, 0.6) is 0 Å². The fourth-order valence-electron chi connectivity index (χ4n) is 6.78. The van der Waals surface area contributed by atoms with Gasteiger partial charge in [-0.15, -0.1) is 11.3 Å². The van der Waals surface area contributed by atoms with E-state index in [0.717, 1.165) is 11.3 Å². The molecule has 3 atom stereocenters. The largest absolute Gasteiger partial charge is 0.339 e. The highest BCUT2D eigenvalue weighted by molar-refractivity contribution is 7.89. The molecular weight excluding hydrogens is 667 g/mol. The van der Waals surface area contributed by atoms with Crippen molar-refractivity contribution in [1.82, 2.24) is 24.1 Å². The van der Waals surface area contributed by atoms with Gasteiger partial charge >= 0.3 is 0 Å². The first-order chi connectivity index (χ1) is 22.1. The molecule has 2 saturated heterocycles. The quantitative estimate of drug-likeness (QED) is 0.200. The number of fused-ring (bicyclic) bond motifs is 1. The number of carbonyl (C=O) groups is 2. The van der Waals surface area contributed by atoms with Crippen LogP contribution in [0.25, 0.3) is 0 Å². The maximum absolute atomic E-state index is 15.0. The van der Waals surface area contributed by atoms with Crippen molar-refractivity contribution in [3.05, 3.63) is 122 Å². The number of rotatable bonds is 7. The van der Waals surface area contributed by atoms with Crippen LogP contribution in [0, 0.1) is 23.2 Å². The summed E-state index contributed by atoms with van der Waals surface area (Å²) in [6.45, 7) is 0.368. The van der Waals surface area contributed by atoms with Gasteiger partial charge in [0.1, 0.15) is 15.1 Å². The lowest BCUT2D eigenvalue weighted by Crippen LogP contribution is -2.46. The number of nitriles is 1. The molecule has 1 saturated carbocycles. The van der Waals surface area contributed by atoms with Gasteiger partial charge < -0.3 is 4.90 Å². The van der Waals surface area contributed by atoms with Crippen LogP contribution in [0.2, 0.25) is 8.67 Å². The number of hydrogen-bond donors (Lipinski definition) is 0. The van der Waals surface area contributed by atoms with Gasteiger partial charge in [-0.25, -0.2) is 8.42 Å². The van der Waals surface area contributed by atoms with Gasteiger partial charge in [-0.2, -0.15) is 9.57 Å². The van der Waals surface area contributed by atoms with Gasteiger partial charge in [0.15, 0.2) is 11.3 Å². The van der Waals surface area contributed by atoms with E-state index in [1.807, 2.05) is 6.07 Å². The molecule has 3 fully saturated rings. The molecule has 0 bridgehead atoms. The van der Waals surface area contributed by atoms with Crippen molar-refractivity contribution in [1.29, 1.82) is 5.26 Å². The summed E-state index contributed by atoms with van der Waals surface area (Å²) >= 11 is 13.3. The van der Waals surface area contributed by atoms with Gasteiger partial charge in [-0.1, -0.05) is 23.2 Å². The predicted molar refractivity (Wildman–Crippen MR) is 171 cm³/mol. The Morgan fingerprint density at radius 2 is 1.57 bits per heavy atom. The van der Waals surface area contributed by atoms with Gasteiger partial charge in [0, 0.05) is 74.4 Å². The average Bonchev–Trinajstić information content (AvgIpc) is 3.31. The summed E-state index contributed by atoms with van der Waals surface area (Å²) in [4.78, 5) is 40.5. The van der Waals surface area contributed by atoms with Crippen LogP contribution in [0.4, 0.5) is 0 Å². The number of pyridine rings is 2. The molecule has 0 radical (unpaired) electrons. The molecule has 46 heavy (non-hydrogen) atoms. The Morgan fingerprint density at radius 3 is 2.07 bits per heavy atom. The van der Waals surface area contributed by atoms with E-state index in [4.69, 9.17) is 23.2 Å². The Hall–Kier alpha value is -4.12. The third-order valence-electron chi connectivity index (χ3n) is 9.03. The fraction of sp³-hybridized carbons (Fsp3) is 0.219. The molecule has 1 unspecified atom stereocenters. The topological polar surface area (TPSA) is 128 Å². The molecule has 3 aliphatic rings. The number of carbonyl (C=O) groups excluding carboxylic acids is 2. The zero-order chi connectivity index (χ0) is 32.4. The van der Waals surface area contributed by atoms with Crippen LogP contribution < -0.4 is 0 Å². The second-order valence-corrected chi connectivity index (χ2v) is 15.5. The number of aromatic nitrogens is 2. The van der Waals surface area contributed by atoms with Crippen LogP contribution in [0.3, 0.4) is 0 Å². The summed E-state index contributed by atoms with van der Waals surface area (Å²) < 4.78 is 28.7. The lowest BCUT2D eigenvalue weighted by Gasteiger charge is -2.35. The molecule has 3 aromatic heterocycles. The van der Waals surface area contributed by atoms with Gasteiger partial charge in [0.25, 0.3) is 5.91 Å². The molecule has 1 amide bonds. The molecule has 14 heteroatoms. The number of halogens is 2. The van der Waals surface area contributed by atoms with E-state index in [2.05, 4.69) is 9.97 Å². The zero-order valence-corrected chi connectivity index (χ0v) is 27.3. The van der Waals surface area contributed by atoms with Crippen LogP contribution in [-0.2, 0) is 20.4 Å². The second kappa shape index (κ2) is 11.3. The van der Waals surface area contributed by atoms with E-state index < -0.39 is 15.6 Å². The van der Waals surface area contributed by atoms with Crippen LogP contribution in [-0.4, -0.2) is 70.4 Å². The standard InChI is InChI=1S/C32H24Cl2N6O4S2/c1-38-28(14-25(41)20-4-2-19(16-35)3-5-20)40(31(42)32(38,21-6-10-36-11-7-21)22-8-12-37-13-9-22)29-23-17-39(18-24(23)29)46(43,44)26-15-27(33)45-30(26)34/h2-15,23-24,29H,17-18H2,1H3/t23-,24+,29?. The van der Waals surface area contributed by atoms with E-state index in [-0.39, 0.29) is 56.2 Å². The number of benzene rings is 1. The number of sulfonamides is 1. The fourth-order valence-corrected chi connectivity index (χ4v) is 10.4. The first-order valence-electron chi connectivity index (χ1n) is 14.2. The Bertz CT molecular complexity index is 2000. The molecule has 10 nitrogen and oxygen atoms in total. The van der Waals surface area contributed by atoms with Crippen molar-refractivity contribution in [2.45, 2.75) is 16.5 Å². The number of allylic oxidation sites excluding steroid dienone is 1. The first-order valence-corrected chi connectivity index (χ1v) is 17.2. The van der Waals surface area contributed by atoms with E-state index in [1.54, 1.807) is 90.2 Å². The highest BCUT2D eigenvalue weighted by Gasteiger charge is 2.67. The van der Waals surface area contributed by atoms with Gasteiger partial charge in [-0.05, 0) is 65.7 Å². The lowest BCUT2D eigenvalue weighted by molar-refractivity contribution is -0.132. The summed E-state index contributed by atoms with van der Waals surface area (Å²) in [5, 5.41) is 9.20. The van der Waals surface area contributed by atoms with Crippen LogP contribution in [0.15, 0.2) is 96.2 Å². The smallest absolute Gasteiger partial charge is 0.263 e. The first kappa shape index (κ1) is 30.5. The second-order valence-electron chi connectivity index (χ2n) is 11.3. The van der Waals surface area contributed by atoms with Gasteiger partial charge in [0.05, 0.1) is 16.0 Å². The molecular formula is C32H24Cl2N6O4S2. The number of thiophene rings is 1. The highest BCUT2D eigenvalue weighted by Crippen LogP contribution is 2.56. The number of piperidine rings is 1. The molecule has 0 spiro atoms. The van der Waals surface area contributed by atoms with Crippen molar-refractivity contribution in [3.8, 4) is 6.07 Å². The Labute approximate surface area is 279 Å². The van der Waals surface area contributed by atoms with Crippen molar-refractivity contribution in [2.75, 3.05) is 20.1 Å². The minimum atomic E-state index is -3.90. The Morgan fingerprint density at radius 1 is 1.00 bits per heavy atom. The number of ketones is 1. The maximum Gasteiger partial charge on any atom is 0.263 e. The summed E-state index contributed by atoms with van der Waals surface area (Å²) in [5.41, 5.74) is 0.729. The summed E-state index contributed by atoms with van der Waals surface area (Å²) in [6, 6.07) is 16.4. The summed E-state index contributed by atoms with van der Waals surface area (Å²) in [5.74, 6) is -0.566. The summed E-state index contributed by atoms with van der Waals surface area (Å²) in [6.07, 6.45) is 7.90. The van der Waals surface area contributed by atoms with Crippen LogP contribution in [0.1, 0.15) is 27.0 Å². The third kappa shape index (κ3) is 4.65. The van der Waals surface area contributed by atoms with Gasteiger partial charge in [0.2, 0.25) is 10.0 Å². The van der Waals surface area contributed by atoms with Crippen LogP contribution >= 0.6 is 34.5 Å². The molecule has 5 heterocycles.